The Morgan fingerprint density at radius 1 is 0.895 bits per heavy atom. The summed E-state index contributed by atoms with van der Waals surface area (Å²) in [7, 11) is 0. The molecular weight excluding hydrogens is 313 g/mol. The topological polar surface area (TPSA) is 26.3 Å². The second-order valence-corrected chi connectivity index (χ2v) is 2.91. The normalized spacial score (nSPS) is 17.5. The van der Waals surface area contributed by atoms with E-state index in [1.54, 1.807) is 4.74 Å². The van der Waals surface area contributed by atoms with E-state index in [-0.39, 0.29) is 0 Å². The Morgan fingerprint density at radius 3 is 1.47 bits per heavy atom. The SMILES string of the molecule is O=C(F)C(F)(OC(F)(F)C(F)(F)C(F)(F)F)C(F)F. The number of alkyl halides is 10. The summed E-state index contributed by atoms with van der Waals surface area (Å²) in [6, 6.07) is -4.00. The van der Waals surface area contributed by atoms with Gasteiger partial charge in [-0.05, 0) is 0 Å². The molecule has 19 heavy (non-hydrogen) atoms. The number of carbonyl (C=O) groups is 1. The van der Waals surface area contributed by atoms with Crippen molar-refractivity contribution in [2.24, 2.45) is 0 Å². The Kier molecular flexibility index (Phi) is 4.47. The van der Waals surface area contributed by atoms with Gasteiger partial charge >= 0.3 is 36.5 Å². The van der Waals surface area contributed by atoms with Crippen molar-refractivity contribution in [1.82, 2.24) is 0 Å². The van der Waals surface area contributed by atoms with Crippen molar-refractivity contribution in [2.45, 2.75) is 30.5 Å². The quantitative estimate of drug-likeness (QED) is 0.575. The molecule has 114 valence electrons. The van der Waals surface area contributed by atoms with Gasteiger partial charge in [-0.3, -0.25) is 9.53 Å². The van der Waals surface area contributed by atoms with Crippen LogP contribution in [0.15, 0.2) is 0 Å². The molecule has 0 radical (unpaired) electrons. The summed E-state index contributed by atoms with van der Waals surface area (Å²) in [5, 5.41) is 0. The Morgan fingerprint density at radius 2 is 1.26 bits per heavy atom. The highest BCUT2D eigenvalue weighted by Gasteiger charge is 2.77. The monoisotopic (exact) mass is 314 g/mol. The summed E-state index contributed by atoms with van der Waals surface area (Å²) in [5.41, 5.74) is 0. The molecule has 0 saturated heterocycles. The highest BCUT2D eigenvalue weighted by molar-refractivity contribution is 5.77. The fraction of sp³-hybridized carbons (Fsp3) is 0.833. The first-order valence-electron chi connectivity index (χ1n) is 3.79. The van der Waals surface area contributed by atoms with E-state index in [0.29, 0.717) is 0 Å². The molecule has 0 aromatic heterocycles. The number of rotatable bonds is 5. The maximum atomic E-state index is 12.6. The highest BCUT2D eigenvalue weighted by Crippen LogP contribution is 2.49. The standard InChI is InChI=1S/C6HF11O2/c7-1(8)3(10,2(9)18)19-6(16,17)4(11,12)5(13,14)15/h1H. The zero-order valence-electron chi connectivity index (χ0n) is 8.05. The summed E-state index contributed by atoms with van der Waals surface area (Å²) in [6.45, 7) is 0. The molecule has 0 N–H and O–H groups in total. The van der Waals surface area contributed by atoms with Gasteiger partial charge in [0.05, 0.1) is 0 Å². The van der Waals surface area contributed by atoms with Crippen LogP contribution in [0.4, 0.5) is 48.3 Å². The maximum absolute atomic E-state index is 12.6. The first-order chi connectivity index (χ1) is 8.09. The molecule has 0 spiro atoms. The van der Waals surface area contributed by atoms with Crippen LogP contribution < -0.4 is 0 Å². The lowest BCUT2D eigenvalue weighted by atomic mass is 10.2. The number of hydrogen-bond donors (Lipinski definition) is 0. The van der Waals surface area contributed by atoms with Crippen LogP contribution in [0.1, 0.15) is 0 Å². The lowest BCUT2D eigenvalue weighted by Gasteiger charge is -2.31. The summed E-state index contributed by atoms with van der Waals surface area (Å²) < 4.78 is 133. The Balaban J connectivity index is 5.53. The first kappa shape index (κ1) is 17.9. The van der Waals surface area contributed by atoms with Crippen LogP contribution in [0.25, 0.3) is 0 Å². The van der Waals surface area contributed by atoms with Crippen LogP contribution in [-0.4, -0.2) is 36.5 Å². The minimum atomic E-state index is -7.14. The van der Waals surface area contributed by atoms with Gasteiger partial charge in [0.25, 0.3) is 0 Å². The third-order valence-corrected chi connectivity index (χ3v) is 1.55. The minimum absolute atomic E-state index is 1.80. The van der Waals surface area contributed by atoms with Crippen molar-refractivity contribution in [3.05, 3.63) is 0 Å². The largest absolute Gasteiger partial charge is 0.462 e. The predicted octanol–water partition coefficient (Wildman–Crippen LogP) is 3.22. The van der Waals surface area contributed by atoms with E-state index < -0.39 is 36.5 Å². The van der Waals surface area contributed by atoms with Crippen molar-refractivity contribution >= 4 is 6.04 Å². The molecule has 13 heteroatoms. The zero-order chi connectivity index (χ0) is 15.9. The van der Waals surface area contributed by atoms with Crippen LogP contribution in [0.5, 0.6) is 0 Å². The van der Waals surface area contributed by atoms with Crippen LogP contribution in [0.2, 0.25) is 0 Å². The molecule has 0 saturated carbocycles. The van der Waals surface area contributed by atoms with Crippen molar-refractivity contribution in [1.29, 1.82) is 0 Å². The molecule has 1 unspecified atom stereocenters. The Labute approximate surface area is 95.7 Å². The van der Waals surface area contributed by atoms with Gasteiger partial charge in [0.15, 0.2) is 0 Å². The Bertz CT molecular complexity index is 348. The second kappa shape index (κ2) is 4.76. The van der Waals surface area contributed by atoms with E-state index in [1.807, 2.05) is 0 Å². The molecule has 0 aliphatic carbocycles. The third-order valence-electron chi connectivity index (χ3n) is 1.55. The van der Waals surface area contributed by atoms with E-state index in [2.05, 4.69) is 0 Å². The first-order valence-corrected chi connectivity index (χ1v) is 3.79. The number of halogens is 11. The van der Waals surface area contributed by atoms with Crippen LogP contribution in [-0.2, 0) is 9.53 Å². The summed E-state index contributed by atoms with van der Waals surface area (Å²) in [4.78, 5) is 9.66. The lowest BCUT2D eigenvalue weighted by Crippen LogP contribution is -2.59. The fourth-order valence-electron chi connectivity index (χ4n) is 0.586. The molecule has 0 aliphatic heterocycles. The van der Waals surface area contributed by atoms with Gasteiger partial charge in [0.1, 0.15) is 0 Å². The van der Waals surface area contributed by atoms with Crippen LogP contribution >= 0.6 is 0 Å². The molecule has 0 aromatic carbocycles. The van der Waals surface area contributed by atoms with Crippen molar-refractivity contribution < 1.29 is 57.8 Å². The van der Waals surface area contributed by atoms with Gasteiger partial charge in [-0.15, -0.1) is 0 Å². The van der Waals surface area contributed by atoms with Crippen molar-refractivity contribution in [2.75, 3.05) is 0 Å². The average molecular weight is 314 g/mol. The van der Waals surface area contributed by atoms with E-state index in [9.17, 15) is 53.1 Å². The summed E-state index contributed by atoms with van der Waals surface area (Å²) in [6.07, 6.45) is -19.0. The smallest absolute Gasteiger partial charge is 0.264 e. The Hall–Kier alpha value is -1.14. The van der Waals surface area contributed by atoms with Gasteiger partial charge < -0.3 is 0 Å². The number of carbonyl (C=O) groups excluding carboxylic acids is 1. The highest BCUT2D eigenvalue weighted by atomic mass is 19.4. The second-order valence-electron chi connectivity index (χ2n) is 2.91. The molecule has 0 aromatic rings. The average Bonchev–Trinajstić information content (AvgIpc) is 2.13. The van der Waals surface area contributed by atoms with E-state index in [0.717, 1.165) is 0 Å². The molecule has 2 nitrogen and oxygen atoms in total. The van der Waals surface area contributed by atoms with E-state index in [1.165, 1.54) is 0 Å². The molecule has 0 bridgehead atoms. The molecule has 0 amide bonds. The van der Waals surface area contributed by atoms with E-state index >= 15 is 0 Å². The van der Waals surface area contributed by atoms with Crippen LogP contribution in [0, 0.1) is 0 Å². The van der Waals surface area contributed by atoms with Crippen LogP contribution in [0.3, 0.4) is 0 Å². The van der Waals surface area contributed by atoms with Crippen molar-refractivity contribution in [3.63, 3.8) is 0 Å². The fourth-order valence-corrected chi connectivity index (χ4v) is 0.586. The molecule has 0 rings (SSSR count). The summed E-state index contributed by atoms with van der Waals surface area (Å²) in [5.74, 6) is -13.1. The molecule has 1 atom stereocenters. The lowest BCUT2D eigenvalue weighted by molar-refractivity contribution is -0.457. The third kappa shape index (κ3) is 3.06. The van der Waals surface area contributed by atoms with Gasteiger partial charge in [-0.1, -0.05) is 0 Å². The molecule has 0 fully saturated rings. The minimum Gasteiger partial charge on any atom is -0.264 e. The number of ether oxygens (including phenoxy) is 1. The zero-order valence-corrected chi connectivity index (χ0v) is 8.05. The van der Waals surface area contributed by atoms with Gasteiger partial charge in [0, 0.05) is 0 Å². The molecule has 0 heterocycles. The van der Waals surface area contributed by atoms with Gasteiger partial charge in [0.2, 0.25) is 0 Å². The van der Waals surface area contributed by atoms with Gasteiger partial charge in [-0.25, -0.2) is 8.78 Å². The predicted molar refractivity (Wildman–Crippen MR) is 33.0 cm³/mol. The van der Waals surface area contributed by atoms with E-state index in [4.69, 9.17) is 0 Å². The molecule has 0 aliphatic rings. The van der Waals surface area contributed by atoms with Crippen molar-refractivity contribution in [3.8, 4) is 0 Å². The molecular formula is C6HF11O2. The number of hydrogen-bond acceptors (Lipinski definition) is 2. The summed E-state index contributed by atoms with van der Waals surface area (Å²) >= 11 is 0. The maximum Gasteiger partial charge on any atom is 0.462 e. The van der Waals surface area contributed by atoms with Gasteiger partial charge in [-0.2, -0.15) is 39.5 Å².